The van der Waals surface area contributed by atoms with E-state index >= 15 is 0 Å². The average molecular weight is 302 g/mol. The molecule has 0 bridgehead atoms. The van der Waals surface area contributed by atoms with Crippen LogP contribution in [-0.4, -0.2) is 29.9 Å². The Morgan fingerprint density at radius 3 is 2.48 bits per heavy atom. The highest BCUT2D eigenvalue weighted by molar-refractivity contribution is 5.96. The van der Waals surface area contributed by atoms with Gasteiger partial charge in [0.25, 0.3) is 0 Å². The predicted octanol–water partition coefficient (Wildman–Crippen LogP) is 3.78. The molecule has 0 unspecified atom stereocenters. The van der Waals surface area contributed by atoms with E-state index in [1.807, 2.05) is 66.0 Å². The van der Waals surface area contributed by atoms with Crippen molar-refractivity contribution in [3.8, 4) is 6.07 Å². The molecule has 0 fully saturated rings. The van der Waals surface area contributed by atoms with Crippen molar-refractivity contribution in [1.29, 1.82) is 5.26 Å². The van der Waals surface area contributed by atoms with Crippen LogP contribution in [0.15, 0.2) is 59.6 Å². The van der Waals surface area contributed by atoms with Crippen LogP contribution in [0, 0.1) is 11.3 Å². The topological polar surface area (TPSA) is 44.3 Å². The third-order valence-electron chi connectivity index (χ3n) is 3.65. The molecule has 0 radical (unpaired) electrons. The summed E-state index contributed by atoms with van der Waals surface area (Å²) in [5.74, 6) is 0. The summed E-state index contributed by atoms with van der Waals surface area (Å²) in [7, 11) is 3.83. The lowest BCUT2D eigenvalue weighted by Gasteiger charge is -2.07. The fourth-order valence-electron chi connectivity index (χ4n) is 2.63. The van der Waals surface area contributed by atoms with Crippen molar-refractivity contribution < 1.29 is 0 Å². The Morgan fingerprint density at radius 2 is 1.78 bits per heavy atom. The summed E-state index contributed by atoms with van der Waals surface area (Å²) >= 11 is 0. The summed E-state index contributed by atoms with van der Waals surface area (Å²) in [5.41, 5.74) is 3.51. The maximum atomic E-state index is 9.69. The van der Waals surface area contributed by atoms with Crippen molar-refractivity contribution in [2.24, 2.45) is 4.99 Å². The highest BCUT2D eigenvalue weighted by Crippen LogP contribution is 2.33. The minimum absolute atomic E-state index is 0.591. The third-order valence-corrected chi connectivity index (χ3v) is 3.65. The maximum Gasteiger partial charge on any atom is 0.147 e. The number of hydrogen-bond donors (Lipinski definition) is 0. The first-order valence-corrected chi connectivity index (χ1v) is 7.46. The number of nitriles is 1. The number of aliphatic imine (C=N–C) groups is 1. The number of rotatable bonds is 4. The van der Waals surface area contributed by atoms with Crippen molar-refractivity contribution in [2.75, 3.05) is 14.1 Å². The Balaban J connectivity index is 2.19. The molecule has 2 aromatic carbocycles. The summed E-state index contributed by atoms with van der Waals surface area (Å²) < 4.78 is 2.03. The molecule has 114 valence electrons. The number of para-hydroxylation sites is 1. The van der Waals surface area contributed by atoms with Crippen molar-refractivity contribution in [2.45, 2.75) is 6.54 Å². The first-order chi connectivity index (χ1) is 11.2. The molecular formula is C19H18N4. The second-order valence-corrected chi connectivity index (χ2v) is 5.61. The van der Waals surface area contributed by atoms with Gasteiger partial charge in [-0.1, -0.05) is 48.5 Å². The normalized spacial score (nSPS) is 11.0. The van der Waals surface area contributed by atoms with Gasteiger partial charge in [-0.15, -0.1) is 0 Å². The summed E-state index contributed by atoms with van der Waals surface area (Å²) in [6, 6.07) is 20.5. The van der Waals surface area contributed by atoms with Crippen LogP contribution in [0.5, 0.6) is 0 Å². The lowest BCUT2D eigenvalue weighted by atomic mass is 10.2. The van der Waals surface area contributed by atoms with Gasteiger partial charge in [0.15, 0.2) is 0 Å². The summed E-state index contributed by atoms with van der Waals surface area (Å²) in [4.78, 5) is 6.39. The molecule has 0 N–H and O–H groups in total. The van der Waals surface area contributed by atoms with Crippen molar-refractivity contribution in [1.82, 2.24) is 9.47 Å². The molecule has 0 saturated carbocycles. The maximum absolute atomic E-state index is 9.69. The van der Waals surface area contributed by atoms with Gasteiger partial charge in [0.2, 0.25) is 0 Å². The van der Waals surface area contributed by atoms with E-state index in [9.17, 15) is 5.26 Å². The molecular weight excluding hydrogens is 284 g/mol. The second kappa shape index (κ2) is 6.37. The first-order valence-electron chi connectivity index (χ1n) is 7.46. The largest absolute Gasteiger partial charge is 0.369 e. The van der Waals surface area contributed by atoms with Crippen LogP contribution in [0.1, 0.15) is 11.3 Å². The molecule has 4 heteroatoms. The zero-order valence-corrected chi connectivity index (χ0v) is 13.3. The van der Waals surface area contributed by atoms with E-state index < -0.39 is 0 Å². The third kappa shape index (κ3) is 2.95. The van der Waals surface area contributed by atoms with Crippen LogP contribution in [0.2, 0.25) is 0 Å². The highest BCUT2D eigenvalue weighted by Gasteiger charge is 2.16. The van der Waals surface area contributed by atoms with Crippen molar-refractivity contribution >= 4 is 22.9 Å². The highest BCUT2D eigenvalue weighted by atomic mass is 15.1. The molecule has 0 atom stereocenters. The monoisotopic (exact) mass is 302 g/mol. The second-order valence-electron chi connectivity index (χ2n) is 5.61. The Morgan fingerprint density at radius 1 is 1.09 bits per heavy atom. The minimum Gasteiger partial charge on any atom is -0.369 e. The molecule has 1 aromatic heterocycles. The van der Waals surface area contributed by atoms with Gasteiger partial charge in [-0.2, -0.15) is 5.26 Å². The molecule has 0 aliphatic carbocycles. The van der Waals surface area contributed by atoms with Crippen molar-refractivity contribution in [3.05, 3.63) is 65.9 Å². The zero-order valence-electron chi connectivity index (χ0n) is 13.3. The molecule has 0 amide bonds. The molecule has 1 heterocycles. The zero-order chi connectivity index (χ0) is 16.2. The molecule has 3 rings (SSSR count). The van der Waals surface area contributed by atoms with Crippen LogP contribution in [0.3, 0.4) is 0 Å². The van der Waals surface area contributed by atoms with Gasteiger partial charge in [0.05, 0.1) is 11.9 Å². The first kappa shape index (κ1) is 14.9. The fraction of sp³-hybridized carbons (Fsp3) is 0.158. The quantitative estimate of drug-likeness (QED) is 0.544. The molecule has 0 spiro atoms. The standard InChI is InChI=1S/C19H18N4/c1-22(2)14-21-19-16-10-6-7-11-17(16)23(18(19)12-20)13-15-8-4-3-5-9-15/h3-11,14H,13H2,1-2H3. The van der Waals surface area contributed by atoms with Gasteiger partial charge in [-0.05, 0) is 11.6 Å². The molecule has 0 saturated heterocycles. The van der Waals surface area contributed by atoms with E-state index in [2.05, 4.69) is 23.2 Å². The number of aromatic nitrogens is 1. The van der Waals surface area contributed by atoms with Crippen molar-refractivity contribution in [3.63, 3.8) is 0 Å². The molecule has 4 nitrogen and oxygen atoms in total. The minimum atomic E-state index is 0.591. The van der Waals surface area contributed by atoms with Crippen LogP contribution in [0.25, 0.3) is 10.9 Å². The van der Waals surface area contributed by atoms with Gasteiger partial charge >= 0.3 is 0 Å². The number of nitrogens with zero attached hydrogens (tertiary/aromatic N) is 4. The summed E-state index contributed by atoms with van der Waals surface area (Å²) in [5, 5.41) is 10.7. The van der Waals surface area contributed by atoms with Gasteiger partial charge in [-0.3, -0.25) is 0 Å². The van der Waals surface area contributed by atoms with Crippen LogP contribution in [-0.2, 0) is 6.54 Å². The number of hydrogen-bond acceptors (Lipinski definition) is 2. The van der Waals surface area contributed by atoms with Crippen LogP contribution < -0.4 is 0 Å². The van der Waals surface area contributed by atoms with E-state index in [1.54, 1.807) is 6.34 Å². The van der Waals surface area contributed by atoms with Crippen LogP contribution >= 0.6 is 0 Å². The summed E-state index contributed by atoms with van der Waals surface area (Å²) in [6.07, 6.45) is 1.73. The van der Waals surface area contributed by atoms with E-state index in [1.165, 1.54) is 0 Å². The van der Waals surface area contributed by atoms with E-state index in [0.717, 1.165) is 22.2 Å². The summed E-state index contributed by atoms with van der Waals surface area (Å²) in [6.45, 7) is 0.654. The number of benzene rings is 2. The van der Waals surface area contributed by atoms with E-state index in [4.69, 9.17) is 0 Å². The van der Waals surface area contributed by atoms with Crippen LogP contribution in [0.4, 0.5) is 5.69 Å². The van der Waals surface area contributed by atoms with Gasteiger partial charge < -0.3 is 9.47 Å². The Labute approximate surface area is 135 Å². The molecule has 0 aliphatic heterocycles. The molecule has 0 aliphatic rings. The van der Waals surface area contributed by atoms with E-state index in [0.29, 0.717) is 12.2 Å². The lowest BCUT2D eigenvalue weighted by molar-refractivity contribution is 0.643. The Bertz CT molecular complexity index is 883. The smallest absolute Gasteiger partial charge is 0.147 e. The molecule has 23 heavy (non-hydrogen) atoms. The van der Waals surface area contributed by atoms with Gasteiger partial charge in [0, 0.05) is 26.0 Å². The van der Waals surface area contributed by atoms with Gasteiger partial charge in [-0.25, -0.2) is 4.99 Å². The van der Waals surface area contributed by atoms with Gasteiger partial charge in [0.1, 0.15) is 17.5 Å². The number of fused-ring (bicyclic) bond motifs is 1. The SMILES string of the molecule is CN(C)C=Nc1c(C#N)n(Cc2ccccc2)c2ccccc12. The van der Waals surface area contributed by atoms with E-state index in [-0.39, 0.29) is 0 Å². The lowest BCUT2D eigenvalue weighted by Crippen LogP contribution is -2.07. The average Bonchev–Trinajstić information content (AvgIpc) is 2.87. The fourth-order valence-corrected chi connectivity index (χ4v) is 2.63. The Hall–Kier alpha value is -3.06. The molecule has 3 aromatic rings. The predicted molar refractivity (Wildman–Crippen MR) is 94.0 cm³/mol. The Kier molecular flexibility index (Phi) is 4.11.